The molecule has 3 saturated heterocycles. The van der Waals surface area contributed by atoms with Crippen LogP contribution in [0.15, 0.2) is 113 Å². The number of nitrogens with one attached hydrogen (secondary N) is 2. The lowest BCUT2D eigenvalue weighted by Gasteiger charge is -2.42. The van der Waals surface area contributed by atoms with Gasteiger partial charge in [-0.05, 0) is 144 Å². The number of benzene rings is 1. The summed E-state index contributed by atoms with van der Waals surface area (Å²) in [6.07, 6.45) is 23.0. The van der Waals surface area contributed by atoms with Crippen molar-refractivity contribution in [3.05, 3.63) is 115 Å². The van der Waals surface area contributed by atoms with E-state index in [0.717, 1.165) is 35.8 Å². The van der Waals surface area contributed by atoms with Crippen LogP contribution in [0.25, 0.3) is 44.6 Å². The number of allylic oxidation sites excluding steroid dienone is 6. The number of oxazole rings is 1. The van der Waals surface area contributed by atoms with E-state index in [1.165, 1.54) is 24.4 Å². The lowest BCUT2D eigenvalue weighted by atomic mass is 9.77. The number of aliphatic hydroxyl groups excluding tert-OH is 1. The maximum Gasteiger partial charge on any atom is 0.329 e. The molecule has 1 saturated carbocycles. The van der Waals surface area contributed by atoms with E-state index >= 15 is 0 Å². The van der Waals surface area contributed by atoms with Gasteiger partial charge in [-0.1, -0.05) is 76.3 Å². The first-order valence-electron chi connectivity index (χ1n) is 45.9. The van der Waals surface area contributed by atoms with Gasteiger partial charge in [-0.3, -0.25) is 28.8 Å². The highest BCUT2D eigenvalue weighted by Crippen LogP contribution is 2.42. The zero-order valence-corrected chi connectivity index (χ0v) is 77.0. The van der Waals surface area contributed by atoms with Crippen molar-refractivity contribution in [3.63, 3.8) is 0 Å². The van der Waals surface area contributed by atoms with E-state index in [1.807, 2.05) is 90.7 Å². The first-order chi connectivity index (χ1) is 63.2. The van der Waals surface area contributed by atoms with Crippen LogP contribution in [0.3, 0.4) is 0 Å². The second kappa shape index (κ2) is 48.1. The highest BCUT2D eigenvalue weighted by Gasteiger charge is 2.53. The third-order valence-corrected chi connectivity index (χ3v) is 25.6. The SMILES string of the molecule is CO[C@H]1C[C@@H]2CC[C@@H](C)[C@@](O)(O2)C(=O)C(=O)N2CCCC[C@H]2C(=O)O[C@H]([C@H](C)C[C@@H]2CC[C@H](n3cc(-c4cnc(N5CCN(c6ncc(C(=O)NCCOCCOCCOCCOCCC(=O)NCCCCn7nc(-c8ccc9oc(N)nc9c8)c8c(N)ccnc87)cn6)CC5)nc4)nn3)[C@H](OC)C2)CC(=O)[C@H](C)/C=C(\C)[C@@H](O)[C@@H](OC)C(=O)[C@H](C)C[C@H](C)/C=C/C=C/C=C/1C. The molecule has 710 valence electrons. The van der Waals surface area contributed by atoms with Crippen LogP contribution in [0.4, 0.5) is 23.6 Å². The molecule has 37 nitrogen and oxygen atoms in total. The molecule has 0 radical (unpaired) electrons. The number of carbonyl (C=O) groups is 7. The Labute approximate surface area is 763 Å². The molecule has 15 atom stereocenters. The second-order valence-corrected chi connectivity index (χ2v) is 35.1. The van der Waals surface area contributed by atoms with Gasteiger partial charge in [0, 0.05) is 159 Å². The van der Waals surface area contributed by atoms with E-state index < -0.39 is 83.7 Å². The van der Waals surface area contributed by atoms with Crippen LogP contribution in [0.2, 0.25) is 0 Å². The van der Waals surface area contributed by atoms with Crippen LogP contribution in [-0.2, 0) is 77.9 Å². The molecular formula is C94H130N18O19. The number of esters is 1. The summed E-state index contributed by atoms with van der Waals surface area (Å²) in [4.78, 5) is 131. The van der Waals surface area contributed by atoms with Gasteiger partial charge in [-0.25, -0.2) is 39.1 Å². The molecule has 0 unspecified atom stereocenters. The van der Waals surface area contributed by atoms with Crippen LogP contribution in [-0.4, -0.2) is 279 Å². The largest absolute Gasteiger partial charge is 0.460 e. The Kier molecular flexibility index (Phi) is 36.4. The van der Waals surface area contributed by atoms with Crippen LogP contribution in [0, 0.1) is 35.5 Å². The van der Waals surface area contributed by atoms with Crippen molar-refractivity contribution in [3.8, 4) is 22.5 Å². The van der Waals surface area contributed by atoms with Gasteiger partial charge in [-0.15, -0.1) is 5.10 Å². The van der Waals surface area contributed by atoms with Crippen molar-refractivity contribution in [1.29, 1.82) is 0 Å². The number of aliphatic hydroxyl groups is 2. The highest BCUT2D eigenvalue weighted by molar-refractivity contribution is 6.39. The van der Waals surface area contributed by atoms with Crippen LogP contribution < -0.4 is 31.9 Å². The standard InChI is InChI=1S/C94H130N18O19/c1-58-18-12-11-13-19-59(2)77(122-8)51-69-24-21-64(7)94(121,131-69)86(117)89(119)110-32-16-14-20-74(110)90(120)129-78(52-75(113)60(3)47-63(6)84(116)85(124-10)83(115)62(5)46-58)61(4)48-65-22-25-73(79(49-65)123-9)112-57-72(105-107-112)67-53-100-92(101-54-67)108-34-36-109(37-35-108)93-102-55-68(56-103-93)88(118)99-31-39-126-41-43-128-45-44-127-42-40-125-38-28-80(114)97-29-15-17-33-111-87-81(70(95)27-30-98-87)82(106-111)66-23-26-76-71(50-66)104-91(96)130-76/h11-13,18-19,23,26-27,30,47,50,53-58,60-62,64-65,69,73-74,77-79,84-85,116,121H,14-17,20-22,24-25,28-29,31-46,48-49,51-52H2,1-10H3,(H2,95,98)(H2,96,104)(H,97,114)(H,99,118)/b13-11+,18-12+,59-19+,63-47+/t58-,60-,61-,62-,64-,65+,69+,73+,74+,77+,78+,79-,84-,85+,94-/m1/s1. The Morgan fingerprint density at radius 1 is 0.725 bits per heavy atom. The number of anilines is 4. The number of fused-ring (bicyclic) bond motifs is 5. The minimum atomic E-state index is -2.48. The third-order valence-electron chi connectivity index (χ3n) is 25.6. The summed E-state index contributed by atoms with van der Waals surface area (Å²) in [7, 11) is 4.61. The molecule has 5 aliphatic rings. The molecule has 2 bridgehead atoms. The monoisotopic (exact) mass is 1810 g/mol. The predicted octanol–water partition coefficient (Wildman–Crippen LogP) is 8.73. The fourth-order valence-electron chi connectivity index (χ4n) is 17.9. The molecule has 37 heteroatoms. The number of ether oxygens (including phenoxy) is 9. The lowest BCUT2D eigenvalue weighted by molar-refractivity contribution is -0.265. The van der Waals surface area contributed by atoms with E-state index in [1.54, 1.807) is 71.8 Å². The van der Waals surface area contributed by atoms with Crippen molar-refractivity contribution in [2.75, 3.05) is 141 Å². The number of aryl methyl sites for hydroxylation is 1. The molecule has 6 aromatic heterocycles. The number of hydrogen-bond donors (Lipinski definition) is 6. The number of nitrogens with zero attached hydrogens (tertiary/aromatic N) is 14. The van der Waals surface area contributed by atoms with Gasteiger partial charge in [0.05, 0.1) is 94.4 Å². The van der Waals surface area contributed by atoms with E-state index in [9.17, 15) is 43.8 Å². The Morgan fingerprint density at radius 3 is 2.13 bits per heavy atom. The molecule has 1 aliphatic carbocycles. The number of cyclic esters (lactones) is 1. The summed E-state index contributed by atoms with van der Waals surface area (Å²) in [5.41, 5.74) is 18.9. The number of piperidine rings is 1. The highest BCUT2D eigenvalue weighted by atomic mass is 16.6. The number of aromatic nitrogens is 11. The molecule has 10 heterocycles. The number of nitrogens with two attached hydrogens (primary N) is 2. The van der Waals surface area contributed by atoms with Crippen molar-refractivity contribution in [1.82, 2.24) is 70.2 Å². The average molecular weight is 1820 g/mol. The number of ketones is 3. The zero-order chi connectivity index (χ0) is 93.3. The quantitative estimate of drug-likeness (QED) is 0.00992. The smallest absolute Gasteiger partial charge is 0.329 e. The summed E-state index contributed by atoms with van der Waals surface area (Å²) in [6, 6.07) is 6.00. The van der Waals surface area contributed by atoms with Gasteiger partial charge in [0.15, 0.2) is 17.0 Å². The second-order valence-electron chi connectivity index (χ2n) is 35.1. The average Bonchev–Trinajstić information content (AvgIpc) is 1.71. The molecule has 4 aliphatic heterocycles. The maximum atomic E-state index is 14.9. The molecule has 4 fully saturated rings. The summed E-state index contributed by atoms with van der Waals surface area (Å²) >= 11 is 0. The third kappa shape index (κ3) is 26.4. The predicted molar refractivity (Wildman–Crippen MR) is 487 cm³/mol. The molecule has 8 N–H and O–H groups in total. The van der Waals surface area contributed by atoms with Crippen molar-refractivity contribution in [2.24, 2.45) is 35.5 Å². The zero-order valence-electron chi connectivity index (χ0n) is 77.0. The van der Waals surface area contributed by atoms with E-state index in [2.05, 4.69) is 45.8 Å². The van der Waals surface area contributed by atoms with E-state index in [0.29, 0.717) is 193 Å². The molecule has 0 spiro atoms. The number of pyridine rings is 1. The molecule has 1 aromatic carbocycles. The first-order valence-corrected chi connectivity index (χ1v) is 45.9. The topological polar surface area (TPSA) is 468 Å². The number of hydrogen-bond acceptors (Lipinski definition) is 32. The summed E-state index contributed by atoms with van der Waals surface area (Å²) in [5, 5.41) is 44.5. The van der Waals surface area contributed by atoms with E-state index in [4.69, 9.17) is 73.6 Å². The van der Waals surface area contributed by atoms with Crippen LogP contribution >= 0.6 is 0 Å². The number of carbonyl (C=O) groups excluding carboxylic acids is 7. The fourth-order valence-corrected chi connectivity index (χ4v) is 17.9. The maximum absolute atomic E-state index is 14.9. The van der Waals surface area contributed by atoms with E-state index in [-0.39, 0.29) is 105 Å². The van der Waals surface area contributed by atoms with Gasteiger partial charge < -0.3 is 94.1 Å². The minimum absolute atomic E-state index is 0.0176. The molecule has 3 amide bonds. The Balaban J connectivity index is 0.546. The van der Waals surface area contributed by atoms with Gasteiger partial charge in [-0.2, -0.15) is 10.1 Å². The Bertz CT molecular complexity index is 5090. The molecule has 7 aromatic rings. The van der Waals surface area contributed by atoms with Crippen molar-refractivity contribution >= 4 is 86.8 Å². The number of piperazine rings is 1. The Hall–Kier alpha value is -10.7. The first kappa shape index (κ1) is 99.3. The summed E-state index contributed by atoms with van der Waals surface area (Å²) in [6.45, 7) is 19.1. The minimum Gasteiger partial charge on any atom is -0.460 e. The normalized spacial score (nSPS) is 26.7. The van der Waals surface area contributed by atoms with Gasteiger partial charge >= 0.3 is 5.97 Å². The number of rotatable bonds is 32. The van der Waals surface area contributed by atoms with Crippen LogP contribution in [0.5, 0.6) is 0 Å². The number of Topliss-reactive ketones (excluding diaryl/α,β-unsaturated/α-hetero) is 3. The molecular weight excluding hydrogens is 1690 g/mol. The fraction of sp³-hybridized carbons (Fsp3) is 0.596. The summed E-state index contributed by atoms with van der Waals surface area (Å²) in [5.74, 6) is -7.86. The van der Waals surface area contributed by atoms with Gasteiger partial charge in [0.1, 0.15) is 47.0 Å². The molecule has 12 rings (SSSR count). The number of amides is 3. The number of methoxy groups -OCH3 is 3. The van der Waals surface area contributed by atoms with Crippen molar-refractivity contribution < 1.29 is 90.8 Å². The van der Waals surface area contributed by atoms with Crippen molar-refractivity contribution in [2.45, 2.75) is 206 Å². The van der Waals surface area contributed by atoms with Gasteiger partial charge in [0.25, 0.3) is 23.6 Å². The number of unbranched alkanes of at least 4 members (excludes halogenated alkanes) is 1. The molecule has 131 heavy (non-hydrogen) atoms. The number of nitrogen functional groups attached to an aromatic ring is 2. The lowest BCUT2D eigenvalue weighted by Crippen LogP contribution is -2.61. The van der Waals surface area contributed by atoms with Crippen LogP contribution in [0.1, 0.15) is 161 Å². The van der Waals surface area contributed by atoms with Gasteiger partial charge in [0.2, 0.25) is 23.6 Å². The summed E-state index contributed by atoms with van der Waals surface area (Å²) < 4.78 is 62.1. The Morgan fingerprint density at radius 2 is 1.43 bits per heavy atom.